The molecule has 6 heteroatoms. The van der Waals surface area contributed by atoms with Gasteiger partial charge in [-0.2, -0.15) is 0 Å². The predicted molar refractivity (Wildman–Crippen MR) is 70.6 cm³/mol. The largest absolute Gasteiger partial charge is 0.381 e. The van der Waals surface area contributed by atoms with Crippen LogP contribution < -0.4 is 4.72 Å². The first-order valence-electron chi connectivity index (χ1n) is 6.17. The zero-order chi connectivity index (χ0) is 13.9. The summed E-state index contributed by atoms with van der Waals surface area (Å²) in [7, 11) is -3.51. The molecule has 0 amide bonds. The number of nitrogens with one attached hydrogen (secondary N) is 1. The van der Waals surface area contributed by atoms with Crippen molar-refractivity contribution < 1.29 is 17.9 Å². The van der Waals surface area contributed by atoms with Crippen LogP contribution in [0.3, 0.4) is 0 Å². The Labute approximate surface area is 113 Å². The van der Waals surface area contributed by atoms with Gasteiger partial charge in [0.15, 0.2) is 5.78 Å². The third-order valence-electron chi connectivity index (χ3n) is 3.16. The van der Waals surface area contributed by atoms with E-state index < -0.39 is 10.0 Å². The minimum Gasteiger partial charge on any atom is -0.381 e. The highest BCUT2D eigenvalue weighted by molar-refractivity contribution is 7.89. The van der Waals surface area contributed by atoms with Gasteiger partial charge >= 0.3 is 0 Å². The molecule has 5 nitrogen and oxygen atoms in total. The molecular formula is C13H17NO4S. The van der Waals surface area contributed by atoms with Gasteiger partial charge < -0.3 is 4.74 Å². The lowest BCUT2D eigenvalue weighted by atomic mass is 10.1. The first-order chi connectivity index (χ1) is 8.99. The smallest absolute Gasteiger partial charge is 0.240 e. The van der Waals surface area contributed by atoms with E-state index in [1.807, 2.05) is 0 Å². The van der Waals surface area contributed by atoms with E-state index in [4.69, 9.17) is 4.74 Å². The summed E-state index contributed by atoms with van der Waals surface area (Å²) in [5, 5.41) is 0. The first kappa shape index (κ1) is 14.2. The van der Waals surface area contributed by atoms with Crippen LogP contribution in [0.2, 0.25) is 0 Å². The number of sulfonamides is 1. The lowest BCUT2D eigenvalue weighted by molar-refractivity contribution is 0.101. The Hall–Kier alpha value is -1.24. The molecule has 0 bridgehead atoms. The molecule has 1 aromatic rings. The highest BCUT2D eigenvalue weighted by Gasteiger charge is 2.20. The molecule has 0 saturated carbocycles. The molecule has 0 spiro atoms. The Morgan fingerprint density at radius 3 is 2.58 bits per heavy atom. The van der Waals surface area contributed by atoms with Crippen molar-refractivity contribution >= 4 is 15.8 Å². The summed E-state index contributed by atoms with van der Waals surface area (Å²) < 4.78 is 31.8. The number of Topliss-reactive ketones (excluding diaryl/α,β-unsaturated/α-hetero) is 1. The Balaban J connectivity index is 2.03. The summed E-state index contributed by atoms with van der Waals surface area (Å²) >= 11 is 0. The van der Waals surface area contributed by atoms with Crippen LogP contribution in [0.15, 0.2) is 29.2 Å². The van der Waals surface area contributed by atoms with Gasteiger partial charge in [0.1, 0.15) is 0 Å². The highest BCUT2D eigenvalue weighted by Crippen LogP contribution is 2.14. The van der Waals surface area contributed by atoms with Crippen molar-refractivity contribution in [2.45, 2.75) is 18.2 Å². The van der Waals surface area contributed by atoms with Crippen LogP contribution in [-0.2, 0) is 14.8 Å². The average molecular weight is 283 g/mol. The van der Waals surface area contributed by atoms with Gasteiger partial charge in [0.05, 0.1) is 11.5 Å². The van der Waals surface area contributed by atoms with Gasteiger partial charge in [-0.25, -0.2) is 13.1 Å². The van der Waals surface area contributed by atoms with Crippen molar-refractivity contribution in [2.24, 2.45) is 5.92 Å². The third-order valence-corrected chi connectivity index (χ3v) is 4.60. The van der Waals surface area contributed by atoms with E-state index in [-0.39, 0.29) is 16.6 Å². The predicted octanol–water partition coefficient (Wildman–Crippen LogP) is 1.20. The molecule has 1 aliphatic heterocycles. The second-order valence-corrected chi connectivity index (χ2v) is 6.43. The number of ether oxygens (including phenoxy) is 1. The van der Waals surface area contributed by atoms with Gasteiger partial charge in [-0.05, 0) is 31.4 Å². The molecular weight excluding hydrogens is 266 g/mol. The van der Waals surface area contributed by atoms with E-state index in [0.29, 0.717) is 25.3 Å². The number of carbonyl (C=O) groups excluding carboxylic acids is 1. The highest BCUT2D eigenvalue weighted by atomic mass is 32.2. The van der Waals surface area contributed by atoms with Crippen LogP contribution in [-0.4, -0.2) is 34.0 Å². The standard InChI is InChI=1S/C13H17NO4S/c1-10(15)12-2-4-13(5-3-12)19(16,17)14-8-11-6-7-18-9-11/h2-5,11,14H,6-9H2,1H3. The Morgan fingerprint density at radius 2 is 2.05 bits per heavy atom. The summed E-state index contributed by atoms with van der Waals surface area (Å²) in [4.78, 5) is 11.3. The zero-order valence-electron chi connectivity index (χ0n) is 10.8. The molecule has 1 aliphatic rings. The van der Waals surface area contributed by atoms with Crippen molar-refractivity contribution in [3.05, 3.63) is 29.8 Å². The van der Waals surface area contributed by atoms with Gasteiger partial charge in [-0.15, -0.1) is 0 Å². The summed E-state index contributed by atoms with van der Waals surface area (Å²) in [5.74, 6) is 0.159. The molecule has 1 N–H and O–H groups in total. The molecule has 1 heterocycles. The van der Waals surface area contributed by atoms with Gasteiger partial charge in [0.25, 0.3) is 0 Å². The van der Waals surface area contributed by atoms with Crippen LogP contribution in [0.25, 0.3) is 0 Å². The normalized spacial score (nSPS) is 19.5. The Kier molecular flexibility index (Phi) is 4.34. The fourth-order valence-corrected chi connectivity index (χ4v) is 3.04. The lowest BCUT2D eigenvalue weighted by Gasteiger charge is -2.10. The first-order valence-corrected chi connectivity index (χ1v) is 7.66. The third kappa shape index (κ3) is 3.62. The number of benzene rings is 1. The second-order valence-electron chi connectivity index (χ2n) is 4.66. The monoisotopic (exact) mass is 283 g/mol. The maximum absolute atomic E-state index is 12.0. The molecule has 0 aliphatic carbocycles. The topological polar surface area (TPSA) is 72.5 Å². The van der Waals surface area contributed by atoms with Crippen LogP contribution in [0.1, 0.15) is 23.7 Å². The minimum atomic E-state index is -3.51. The van der Waals surface area contributed by atoms with Crippen molar-refractivity contribution in [1.82, 2.24) is 4.72 Å². The number of rotatable bonds is 5. The van der Waals surface area contributed by atoms with Crippen molar-refractivity contribution in [3.8, 4) is 0 Å². The van der Waals surface area contributed by atoms with Crippen LogP contribution in [0.4, 0.5) is 0 Å². The zero-order valence-corrected chi connectivity index (χ0v) is 11.6. The second kappa shape index (κ2) is 5.81. The van der Waals surface area contributed by atoms with E-state index in [2.05, 4.69) is 4.72 Å². The van der Waals surface area contributed by atoms with Gasteiger partial charge in [-0.1, -0.05) is 12.1 Å². The van der Waals surface area contributed by atoms with Gasteiger partial charge in [0.2, 0.25) is 10.0 Å². The van der Waals surface area contributed by atoms with Crippen molar-refractivity contribution in [2.75, 3.05) is 19.8 Å². The summed E-state index contributed by atoms with van der Waals surface area (Å²) in [6.07, 6.45) is 0.881. The summed E-state index contributed by atoms with van der Waals surface area (Å²) in [6, 6.07) is 5.94. The average Bonchev–Trinajstić information content (AvgIpc) is 2.90. The van der Waals surface area contributed by atoms with Crippen molar-refractivity contribution in [1.29, 1.82) is 0 Å². The molecule has 1 atom stereocenters. The summed E-state index contributed by atoms with van der Waals surface area (Å²) in [5.41, 5.74) is 0.503. The molecule has 0 aromatic heterocycles. The van der Waals surface area contributed by atoms with Crippen LogP contribution in [0, 0.1) is 5.92 Å². The minimum absolute atomic E-state index is 0.0833. The molecule has 1 fully saturated rings. The van der Waals surface area contributed by atoms with Crippen LogP contribution >= 0.6 is 0 Å². The SMILES string of the molecule is CC(=O)c1ccc(S(=O)(=O)NCC2CCOC2)cc1. The van der Waals surface area contributed by atoms with Crippen molar-refractivity contribution in [3.63, 3.8) is 0 Å². The quantitative estimate of drug-likeness (QED) is 0.824. The maximum Gasteiger partial charge on any atom is 0.240 e. The van der Waals surface area contributed by atoms with E-state index >= 15 is 0 Å². The van der Waals surface area contributed by atoms with E-state index in [9.17, 15) is 13.2 Å². The molecule has 104 valence electrons. The maximum atomic E-state index is 12.0. The summed E-state index contributed by atoms with van der Waals surface area (Å²) in [6.45, 7) is 3.13. The fraction of sp³-hybridized carbons (Fsp3) is 0.462. The van der Waals surface area contributed by atoms with Crippen LogP contribution in [0.5, 0.6) is 0 Å². The Bertz CT molecular complexity index is 545. The molecule has 0 radical (unpaired) electrons. The lowest BCUT2D eigenvalue weighted by Crippen LogP contribution is -2.29. The van der Waals surface area contributed by atoms with Gasteiger partial charge in [0, 0.05) is 18.7 Å². The number of hydrogen-bond acceptors (Lipinski definition) is 4. The van der Waals surface area contributed by atoms with E-state index in [1.165, 1.54) is 31.2 Å². The molecule has 19 heavy (non-hydrogen) atoms. The molecule has 1 unspecified atom stereocenters. The number of ketones is 1. The Morgan fingerprint density at radius 1 is 1.37 bits per heavy atom. The number of carbonyl (C=O) groups is 1. The molecule has 1 saturated heterocycles. The van der Waals surface area contributed by atoms with Gasteiger partial charge in [-0.3, -0.25) is 4.79 Å². The van der Waals surface area contributed by atoms with E-state index in [0.717, 1.165) is 6.42 Å². The molecule has 2 rings (SSSR count). The molecule has 1 aromatic carbocycles. The fourth-order valence-electron chi connectivity index (χ4n) is 1.92. The number of hydrogen-bond donors (Lipinski definition) is 1. The van der Waals surface area contributed by atoms with E-state index in [1.54, 1.807) is 0 Å².